The molecule has 1 aromatic carbocycles. The summed E-state index contributed by atoms with van der Waals surface area (Å²) < 4.78 is 14.1. The van der Waals surface area contributed by atoms with Gasteiger partial charge in [0.25, 0.3) is 0 Å². The van der Waals surface area contributed by atoms with Gasteiger partial charge in [-0.15, -0.1) is 0 Å². The number of pyridine rings is 1. The van der Waals surface area contributed by atoms with Crippen LogP contribution >= 0.6 is 0 Å². The average Bonchev–Trinajstić information content (AvgIpc) is 2.59. The quantitative estimate of drug-likeness (QED) is 0.880. The average molecular weight is 312 g/mol. The molecule has 3 rings (SSSR count). The van der Waals surface area contributed by atoms with E-state index in [2.05, 4.69) is 33.6 Å². The van der Waals surface area contributed by atoms with Gasteiger partial charge in [-0.05, 0) is 36.1 Å². The fourth-order valence-corrected chi connectivity index (χ4v) is 2.81. The first kappa shape index (κ1) is 15.5. The Morgan fingerprint density at radius 2 is 2.04 bits per heavy atom. The van der Waals surface area contributed by atoms with Gasteiger partial charge in [0.2, 0.25) is 0 Å². The molecule has 2 aromatic rings. The van der Waals surface area contributed by atoms with Gasteiger partial charge in [0.05, 0.1) is 24.3 Å². The lowest BCUT2D eigenvalue weighted by Gasteiger charge is -2.18. The summed E-state index contributed by atoms with van der Waals surface area (Å²) in [6, 6.07) is 7.34. The number of halogens is 1. The summed E-state index contributed by atoms with van der Waals surface area (Å²) >= 11 is 0. The molecule has 0 bridgehead atoms. The second-order valence-corrected chi connectivity index (χ2v) is 5.54. The molecule has 2 heterocycles. The first-order valence-corrected chi connectivity index (χ1v) is 8.00. The Hall–Kier alpha value is -2.43. The van der Waals surface area contributed by atoms with Gasteiger partial charge in [0.15, 0.2) is 0 Å². The van der Waals surface area contributed by atoms with E-state index in [0.717, 1.165) is 41.2 Å². The van der Waals surface area contributed by atoms with E-state index < -0.39 is 0 Å². The SMILES string of the molecule is CCc1cc2c(nc1NCc1c(F)cccc1CC)CN=CN2. The van der Waals surface area contributed by atoms with E-state index in [4.69, 9.17) is 0 Å². The molecule has 1 aliphatic heterocycles. The second kappa shape index (κ2) is 6.77. The number of nitrogens with one attached hydrogen (secondary N) is 2. The molecule has 0 saturated carbocycles. The van der Waals surface area contributed by atoms with Crippen molar-refractivity contribution in [1.29, 1.82) is 0 Å². The molecule has 1 aliphatic rings. The number of anilines is 2. The molecule has 5 heteroatoms. The minimum absolute atomic E-state index is 0.167. The van der Waals surface area contributed by atoms with E-state index in [1.807, 2.05) is 13.0 Å². The van der Waals surface area contributed by atoms with E-state index >= 15 is 0 Å². The van der Waals surface area contributed by atoms with Crippen molar-refractivity contribution in [3.8, 4) is 0 Å². The van der Waals surface area contributed by atoms with Crippen molar-refractivity contribution in [3.05, 3.63) is 52.5 Å². The largest absolute Gasteiger partial charge is 0.366 e. The van der Waals surface area contributed by atoms with Crippen LogP contribution in [0, 0.1) is 5.82 Å². The topological polar surface area (TPSA) is 49.3 Å². The lowest BCUT2D eigenvalue weighted by Crippen LogP contribution is -2.13. The molecular weight excluding hydrogens is 291 g/mol. The molecule has 1 aromatic heterocycles. The van der Waals surface area contributed by atoms with Gasteiger partial charge in [-0.25, -0.2) is 9.37 Å². The summed E-state index contributed by atoms with van der Waals surface area (Å²) in [5.74, 6) is 0.648. The summed E-state index contributed by atoms with van der Waals surface area (Å²) in [6.07, 6.45) is 3.37. The number of aliphatic imine (C=N–C) groups is 1. The Morgan fingerprint density at radius 3 is 2.83 bits per heavy atom. The standard InChI is InChI=1S/C18H21FN4/c1-3-12-6-5-7-15(19)14(12)9-21-18-13(4-2)8-16-17(23-18)10-20-11-22-16/h5-8,11H,3-4,9-10H2,1-2H3,(H,20,22)(H,21,23). The van der Waals surface area contributed by atoms with E-state index in [0.29, 0.717) is 18.7 Å². The van der Waals surface area contributed by atoms with Gasteiger partial charge in [0.1, 0.15) is 11.6 Å². The maximum atomic E-state index is 14.1. The van der Waals surface area contributed by atoms with Crippen LogP contribution in [0.15, 0.2) is 29.3 Å². The number of fused-ring (bicyclic) bond motifs is 1. The van der Waals surface area contributed by atoms with E-state index in [1.165, 1.54) is 6.07 Å². The van der Waals surface area contributed by atoms with E-state index in [-0.39, 0.29) is 5.82 Å². The molecule has 4 nitrogen and oxygen atoms in total. The normalized spacial score (nSPS) is 12.7. The van der Waals surface area contributed by atoms with Crippen molar-refractivity contribution in [1.82, 2.24) is 4.98 Å². The van der Waals surface area contributed by atoms with Gasteiger partial charge in [-0.2, -0.15) is 0 Å². The Kier molecular flexibility index (Phi) is 4.55. The third-order valence-electron chi connectivity index (χ3n) is 4.14. The predicted molar refractivity (Wildman–Crippen MR) is 92.5 cm³/mol. The number of aromatic nitrogens is 1. The predicted octanol–water partition coefficient (Wildman–Crippen LogP) is 3.91. The molecule has 0 unspecified atom stereocenters. The highest BCUT2D eigenvalue weighted by molar-refractivity contribution is 5.79. The van der Waals surface area contributed by atoms with Crippen molar-refractivity contribution in [2.24, 2.45) is 4.99 Å². The second-order valence-electron chi connectivity index (χ2n) is 5.54. The minimum Gasteiger partial charge on any atom is -0.366 e. The summed E-state index contributed by atoms with van der Waals surface area (Å²) in [5, 5.41) is 6.44. The van der Waals surface area contributed by atoms with Gasteiger partial charge >= 0.3 is 0 Å². The van der Waals surface area contributed by atoms with Crippen LogP contribution in [0.3, 0.4) is 0 Å². The van der Waals surface area contributed by atoms with Crippen molar-refractivity contribution < 1.29 is 4.39 Å². The zero-order valence-electron chi connectivity index (χ0n) is 13.5. The minimum atomic E-state index is -0.167. The zero-order valence-corrected chi connectivity index (χ0v) is 13.5. The third kappa shape index (κ3) is 3.18. The molecule has 0 aliphatic carbocycles. The van der Waals surface area contributed by atoms with Crippen LogP contribution in [-0.2, 0) is 25.9 Å². The molecule has 2 N–H and O–H groups in total. The van der Waals surface area contributed by atoms with Crippen LogP contribution in [0.1, 0.15) is 36.2 Å². The number of benzene rings is 1. The number of aryl methyl sites for hydroxylation is 2. The Labute approximate surface area is 135 Å². The molecule has 0 spiro atoms. The first-order valence-electron chi connectivity index (χ1n) is 8.00. The number of rotatable bonds is 5. The van der Waals surface area contributed by atoms with Gasteiger partial charge in [0, 0.05) is 12.1 Å². The number of hydrogen-bond donors (Lipinski definition) is 2. The molecule has 120 valence electrons. The van der Waals surface area contributed by atoms with Gasteiger partial charge in [-0.1, -0.05) is 26.0 Å². The molecule has 23 heavy (non-hydrogen) atoms. The Morgan fingerprint density at radius 1 is 1.22 bits per heavy atom. The number of hydrogen-bond acceptors (Lipinski definition) is 4. The van der Waals surface area contributed by atoms with Crippen molar-refractivity contribution in [3.63, 3.8) is 0 Å². The zero-order chi connectivity index (χ0) is 16.2. The lowest BCUT2D eigenvalue weighted by atomic mass is 10.0. The molecular formula is C18H21FN4. The monoisotopic (exact) mass is 312 g/mol. The highest BCUT2D eigenvalue weighted by Gasteiger charge is 2.13. The smallest absolute Gasteiger partial charge is 0.129 e. The van der Waals surface area contributed by atoms with Crippen LogP contribution in [0.25, 0.3) is 0 Å². The lowest BCUT2D eigenvalue weighted by molar-refractivity contribution is 0.609. The highest BCUT2D eigenvalue weighted by Crippen LogP contribution is 2.25. The maximum absolute atomic E-state index is 14.1. The summed E-state index contributed by atoms with van der Waals surface area (Å²) in [5.41, 5.74) is 4.77. The Balaban J connectivity index is 1.86. The molecule has 0 atom stereocenters. The van der Waals surface area contributed by atoms with Crippen molar-refractivity contribution in [2.75, 3.05) is 10.6 Å². The van der Waals surface area contributed by atoms with Crippen LogP contribution in [0.2, 0.25) is 0 Å². The molecule has 0 amide bonds. The van der Waals surface area contributed by atoms with Crippen molar-refractivity contribution in [2.45, 2.75) is 39.8 Å². The maximum Gasteiger partial charge on any atom is 0.129 e. The van der Waals surface area contributed by atoms with Crippen LogP contribution < -0.4 is 10.6 Å². The summed E-state index contributed by atoms with van der Waals surface area (Å²) in [4.78, 5) is 8.86. The third-order valence-corrected chi connectivity index (χ3v) is 4.14. The molecule has 0 radical (unpaired) electrons. The fraction of sp³-hybridized carbons (Fsp3) is 0.333. The fourth-order valence-electron chi connectivity index (χ4n) is 2.81. The van der Waals surface area contributed by atoms with Crippen LogP contribution in [0.5, 0.6) is 0 Å². The van der Waals surface area contributed by atoms with Crippen LogP contribution in [0.4, 0.5) is 15.9 Å². The van der Waals surface area contributed by atoms with E-state index in [1.54, 1.807) is 12.4 Å². The summed E-state index contributed by atoms with van der Waals surface area (Å²) in [7, 11) is 0. The van der Waals surface area contributed by atoms with Gasteiger partial charge < -0.3 is 10.6 Å². The molecule has 0 saturated heterocycles. The Bertz CT molecular complexity index is 740. The first-order chi connectivity index (χ1) is 11.2. The van der Waals surface area contributed by atoms with Crippen LogP contribution in [-0.4, -0.2) is 11.3 Å². The van der Waals surface area contributed by atoms with Crippen molar-refractivity contribution >= 4 is 17.8 Å². The molecule has 0 fully saturated rings. The van der Waals surface area contributed by atoms with E-state index in [9.17, 15) is 4.39 Å². The van der Waals surface area contributed by atoms with Gasteiger partial charge in [-0.3, -0.25) is 4.99 Å². The number of nitrogens with zero attached hydrogens (tertiary/aromatic N) is 2. The summed E-state index contributed by atoms with van der Waals surface area (Å²) in [6.45, 7) is 5.13. The highest BCUT2D eigenvalue weighted by atomic mass is 19.1.